The largest absolute Gasteiger partial charge is 0.471 e. The van der Waals surface area contributed by atoms with Gasteiger partial charge in [0.25, 0.3) is 0 Å². The fourth-order valence-corrected chi connectivity index (χ4v) is 2.44. The van der Waals surface area contributed by atoms with E-state index >= 15 is 0 Å². The molecule has 0 N–H and O–H groups in total. The number of amides is 1. The smallest absolute Gasteiger partial charge is 0.330 e. The Labute approximate surface area is 116 Å². The number of rotatable bonds is 0. The van der Waals surface area contributed by atoms with Gasteiger partial charge in [0, 0.05) is 13.1 Å². The Morgan fingerprint density at radius 1 is 1.14 bits per heavy atom. The average Bonchev–Trinajstić information content (AvgIpc) is 2.35. The van der Waals surface area contributed by atoms with Crippen LogP contribution in [0.2, 0.25) is 0 Å². The Hall–Kier alpha value is -1.73. The fourth-order valence-electron chi connectivity index (χ4n) is 2.44. The maximum Gasteiger partial charge on any atom is 0.471 e. The van der Waals surface area contributed by atoms with Crippen molar-refractivity contribution in [2.24, 2.45) is 0 Å². The summed E-state index contributed by atoms with van der Waals surface area (Å²) in [6.45, 7) is 0.866. The minimum atomic E-state index is -5.02. The van der Waals surface area contributed by atoms with Gasteiger partial charge in [0.2, 0.25) is 0 Å². The zero-order valence-electron chi connectivity index (χ0n) is 10.9. The number of aryl methyl sites for hydroxylation is 1. The number of alkyl halides is 6. The molecule has 1 aromatic carbocycles. The highest BCUT2D eigenvalue weighted by Gasteiger charge is 2.43. The van der Waals surface area contributed by atoms with Crippen LogP contribution in [0.4, 0.5) is 26.3 Å². The summed E-state index contributed by atoms with van der Waals surface area (Å²) in [5.41, 5.74) is 0.152. The van der Waals surface area contributed by atoms with E-state index in [2.05, 4.69) is 0 Å². The minimum absolute atomic E-state index is 0.112. The molecule has 0 fully saturated rings. The van der Waals surface area contributed by atoms with Crippen molar-refractivity contribution in [1.29, 1.82) is 0 Å². The van der Waals surface area contributed by atoms with E-state index in [-0.39, 0.29) is 18.5 Å². The van der Waals surface area contributed by atoms with Crippen LogP contribution in [0.5, 0.6) is 0 Å². The quantitative estimate of drug-likeness (QED) is 0.672. The zero-order valence-corrected chi connectivity index (χ0v) is 10.9. The SMILES string of the molecule is Cc1cc(C(F)(F)F)cc2c1CCN(C(=O)C(F)(F)F)C2. The highest BCUT2D eigenvalue weighted by molar-refractivity contribution is 5.82. The van der Waals surface area contributed by atoms with Crippen molar-refractivity contribution in [3.05, 3.63) is 34.4 Å². The third-order valence-corrected chi connectivity index (χ3v) is 3.42. The van der Waals surface area contributed by atoms with Gasteiger partial charge in [0.15, 0.2) is 0 Å². The van der Waals surface area contributed by atoms with Gasteiger partial charge in [-0.15, -0.1) is 0 Å². The van der Waals surface area contributed by atoms with Crippen molar-refractivity contribution in [3.8, 4) is 0 Å². The first kappa shape index (κ1) is 15.7. The van der Waals surface area contributed by atoms with E-state index in [1.54, 1.807) is 0 Å². The van der Waals surface area contributed by atoms with E-state index in [0.29, 0.717) is 16.0 Å². The van der Waals surface area contributed by atoms with E-state index in [0.717, 1.165) is 12.1 Å². The van der Waals surface area contributed by atoms with Crippen LogP contribution in [0, 0.1) is 6.92 Å². The molecule has 21 heavy (non-hydrogen) atoms. The number of carbonyl (C=O) groups is 1. The molecule has 2 rings (SSSR count). The number of carbonyl (C=O) groups excluding carboxylic acids is 1. The lowest BCUT2D eigenvalue weighted by Crippen LogP contribution is -2.43. The van der Waals surface area contributed by atoms with Crippen molar-refractivity contribution in [3.63, 3.8) is 0 Å². The van der Waals surface area contributed by atoms with Gasteiger partial charge in [0.1, 0.15) is 0 Å². The van der Waals surface area contributed by atoms with Crippen molar-refractivity contribution in [1.82, 2.24) is 4.90 Å². The molecule has 116 valence electrons. The van der Waals surface area contributed by atoms with Crippen LogP contribution in [0.1, 0.15) is 22.3 Å². The Morgan fingerprint density at radius 3 is 2.29 bits per heavy atom. The molecule has 8 heteroatoms. The maximum atomic E-state index is 12.7. The standard InChI is InChI=1S/C13H11F6NO/c1-7-4-9(12(14,15)16)5-8-6-20(3-2-10(7)8)11(21)13(17,18)19/h4-5H,2-3,6H2,1H3. The van der Waals surface area contributed by atoms with Crippen molar-refractivity contribution < 1.29 is 31.1 Å². The fraction of sp³-hybridized carbons (Fsp3) is 0.462. The first-order valence-electron chi connectivity index (χ1n) is 6.06. The van der Waals surface area contributed by atoms with E-state index in [4.69, 9.17) is 0 Å². The predicted molar refractivity (Wildman–Crippen MR) is 61.4 cm³/mol. The molecule has 1 aliphatic rings. The molecule has 0 unspecified atom stereocenters. The molecule has 1 aliphatic heterocycles. The van der Waals surface area contributed by atoms with Gasteiger partial charge in [-0.2, -0.15) is 26.3 Å². The van der Waals surface area contributed by atoms with Gasteiger partial charge < -0.3 is 4.90 Å². The Bertz CT molecular complexity index is 575. The average molecular weight is 311 g/mol. The number of halogens is 6. The Kier molecular flexibility index (Phi) is 3.67. The zero-order chi connectivity index (χ0) is 16.0. The molecule has 0 aliphatic carbocycles. The summed E-state index contributed by atoms with van der Waals surface area (Å²) in [6, 6.07) is 1.79. The monoisotopic (exact) mass is 311 g/mol. The summed E-state index contributed by atoms with van der Waals surface area (Å²) in [5.74, 6) is -2.02. The summed E-state index contributed by atoms with van der Waals surface area (Å²) < 4.78 is 75.3. The lowest BCUT2D eigenvalue weighted by molar-refractivity contribution is -0.186. The van der Waals surface area contributed by atoms with Gasteiger partial charge >= 0.3 is 18.3 Å². The molecule has 2 nitrogen and oxygen atoms in total. The molecular weight excluding hydrogens is 300 g/mol. The summed E-state index contributed by atoms with van der Waals surface area (Å²) >= 11 is 0. The first-order chi connectivity index (χ1) is 9.50. The van der Waals surface area contributed by atoms with Crippen molar-refractivity contribution >= 4 is 5.91 Å². The van der Waals surface area contributed by atoms with E-state index in [1.165, 1.54) is 6.92 Å². The van der Waals surface area contributed by atoms with Gasteiger partial charge in [-0.1, -0.05) is 0 Å². The van der Waals surface area contributed by atoms with Crippen LogP contribution < -0.4 is 0 Å². The summed E-state index contributed by atoms with van der Waals surface area (Å²) in [7, 11) is 0. The lowest BCUT2D eigenvalue weighted by atomic mass is 9.92. The van der Waals surface area contributed by atoms with Crippen molar-refractivity contribution in [2.45, 2.75) is 32.2 Å². The van der Waals surface area contributed by atoms with Crippen LogP contribution in [0.3, 0.4) is 0 Å². The third-order valence-electron chi connectivity index (χ3n) is 3.42. The lowest BCUT2D eigenvalue weighted by Gasteiger charge is -2.31. The van der Waals surface area contributed by atoms with Crippen LogP contribution in [0.15, 0.2) is 12.1 Å². The maximum absolute atomic E-state index is 12.7. The molecule has 0 saturated carbocycles. The van der Waals surface area contributed by atoms with Gasteiger partial charge in [-0.05, 0) is 42.2 Å². The Balaban J connectivity index is 2.36. The third kappa shape index (κ3) is 3.14. The van der Waals surface area contributed by atoms with Gasteiger partial charge in [0.05, 0.1) is 5.56 Å². The van der Waals surface area contributed by atoms with E-state index < -0.39 is 30.4 Å². The van der Waals surface area contributed by atoms with Gasteiger partial charge in [-0.3, -0.25) is 4.79 Å². The molecule has 0 aromatic heterocycles. The first-order valence-corrected chi connectivity index (χ1v) is 6.06. The number of hydrogen-bond donors (Lipinski definition) is 0. The molecule has 0 bridgehead atoms. The van der Waals surface area contributed by atoms with E-state index in [9.17, 15) is 31.1 Å². The minimum Gasteiger partial charge on any atom is -0.330 e. The van der Waals surface area contributed by atoms with Crippen LogP contribution in [0.25, 0.3) is 0 Å². The molecule has 0 atom stereocenters. The van der Waals surface area contributed by atoms with E-state index in [1.807, 2.05) is 0 Å². The summed E-state index contributed by atoms with van der Waals surface area (Å²) in [5, 5.41) is 0. The van der Waals surface area contributed by atoms with Crippen LogP contribution in [-0.2, 0) is 23.9 Å². The van der Waals surface area contributed by atoms with Gasteiger partial charge in [-0.25, -0.2) is 0 Å². The topological polar surface area (TPSA) is 20.3 Å². The number of benzene rings is 1. The normalized spacial score (nSPS) is 15.9. The van der Waals surface area contributed by atoms with Crippen LogP contribution >= 0.6 is 0 Å². The highest BCUT2D eigenvalue weighted by atomic mass is 19.4. The summed E-state index contributed by atoms with van der Waals surface area (Å²) in [4.78, 5) is 11.7. The number of nitrogens with zero attached hydrogens (tertiary/aromatic N) is 1. The molecule has 1 amide bonds. The highest BCUT2D eigenvalue weighted by Crippen LogP contribution is 2.34. The number of fused-ring (bicyclic) bond motifs is 1. The predicted octanol–water partition coefficient (Wildman–Crippen LogP) is 3.46. The second-order valence-electron chi connectivity index (χ2n) is 4.90. The molecule has 0 spiro atoms. The second kappa shape index (κ2) is 4.92. The van der Waals surface area contributed by atoms with Crippen LogP contribution in [-0.4, -0.2) is 23.5 Å². The molecule has 1 aromatic rings. The summed E-state index contributed by atoms with van der Waals surface area (Å²) in [6.07, 6.45) is -9.48. The Morgan fingerprint density at radius 2 is 1.76 bits per heavy atom. The molecule has 0 radical (unpaired) electrons. The second-order valence-corrected chi connectivity index (χ2v) is 4.90. The molecule has 1 heterocycles. The molecular formula is C13H11F6NO. The van der Waals surface area contributed by atoms with Crippen molar-refractivity contribution in [2.75, 3.05) is 6.54 Å². The molecule has 0 saturated heterocycles. The number of hydrogen-bond acceptors (Lipinski definition) is 1.